The molecule has 3 aromatic rings. The molecule has 0 radical (unpaired) electrons. The summed E-state index contributed by atoms with van der Waals surface area (Å²) in [6.07, 6.45) is 17.8. The van der Waals surface area contributed by atoms with E-state index in [2.05, 4.69) is 22.0 Å². The number of halogens is 1. The second-order valence-corrected chi connectivity index (χ2v) is 17.1. The van der Waals surface area contributed by atoms with Crippen molar-refractivity contribution in [1.82, 2.24) is 14.6 Å². The van der Waals surface area contributed by atoms with Gasteiger partial charge >= 0.3 is 7.82 Å². The molecule has 0 amide bonds. The third-order valence-corrected chi connectivity index (χ3v) is 11.9. The van der Waals surface area contributed by atoms with Crippen LogP contribution in [0.15, 0.2) is 41.7 Å². The highest BCUT2D eigenvalue weighted by molar-refractivity contribution is 7.47. The lowest BCUT2D eigenvalue weighted by atomic mass is 9.92. The summed E-state index contributed by atoms with van der Waals surface area (Å²) in [6.45, 7) is 1.93. The number of nitrogens with zero attached hydrogens (tertiary/aromatic N) is 5. The van der Waals surface area contributed by atoms with Gasteiger partial charge in [-0.25, -0.2) is 14.1 Å². The molecule has 17 heteroatoms. The normalized spacial score (nSPS) is 21.0. The van der Waals surface area contributed by atoms with Gasteiger partial charge in [0.25, 0.3) is 0 Å². The molecule has 1 aliphatic heterocycles. The summed E-state index contributed by atoms with van der Waals surface area (Å²) in [6, 6.07) is 10.2. The van der Waals surface area contributed by atoms with E-state index < -0.39 is 44.4 Å². The lowest BCUT2D eigenvalue weighted by Crippen LogP contribution is -2.43. The highest BCUT2D eigenvalue weighted by Crippen LogP contribution is 2.46. The van der Waals surface area contributed by atoms with Crippen molar-refractivity contribution in [2.45, 2.75) is 146 Å². The smallest absolute Gasteiger partial charge is 0.387 e. The maximum Gasteiger partial charge on any atom is 0.472 e. The number of nitrogens with two attached hydrogens (primary N) is 1. The van der Waals surface area contributed by atoms with Crippen molar-refractivity contribution in [3.63, 3.8) is 0 Å². The summed E-state index contributed by atoms with van der Waals surface area (Å²) in [5, 5.41) is 36.0. The predicted molar refractivity (Wildman–Crippen MR) is 227 cm³/mol. The first-order chi connectivity index (χ1) is 28.5. The molecule has 0 spiro atoms. The number of rotatable bonds is 30. The minimum atomic E-state index is -4.74. The number of nitriles is 1. The Morgan fingerprint density at radius 2 is 1.64 bits per heavy atom. The molecule has 3 heterocycles. The van der Waals surface area contributed by atoms with Gasteiger partial charge in [-0.3, -0.25) is 14.0 Å². The second-order valence-electron chi connectivity index (χ2n) is 15.2. The van der Waals surface area contributed by atoms with E-state index in [0.717, 1.165) is 19.3 Å². The standard InChI is InChI=1S/C42H64ClN6O9P/c1-3-4-5-6-7-8-9-10-11-12-13-14-15-16-17-18-23-54-27-34(55-26-32-19-20-33(25-44)35(43)24-32)28-56-59(52,53)57-29-37-39(50)40(51)42(58-37,30-46-2)38-22-21-36-41(45)47-31-48-49(36)38/h19-22,24,30-31,34,37,39-40,50-51H,3-18,23,26-29H2,1-2H3,(H,52,53)(H2,45,47,48)/b46-30-/t34-,37-,39-,40-,42+/m1/s1. The molecule has 1 aromatic carbocycles. The van der Waals surface area contributed by atoms with E-state index in [9.17, 15) is 24.9 Å². The fraction of sp³-hybridized carbons (Fsp3) is 0.667. The number of aliphatic imine (C=N–C) groups is 1. The Hall–Kier alpha value is -3.00. The number of fused-ring (bicyclic) bond motifs is 1. The van der Waals surface area contributed by atoms with Gasteiger partial charge in [0, 0.05) is 19.9 Å². The Morgan fingerprint density at radius 3 is 2.25 bits per heavy atom. The quantitative estimate of drug-likeness (QED) is 0.0286. The van der Waals surface area contributed by atoms with Crippen LogP contribution in [-0.4, -0.2) is 93.8 Å². The molecule has 4 rings (SSSR count). The van der Waals surface area contributed by atoms with E-state index in [0.29, 0.717) is 28.9 Å². The van der Waals surface area contributed by atoms with Crippen LogP contribution in [-0.2, 0) is 40.0 Å². The minimum Gasteiger partial charge on any atom is -0.387 e. The fourth-order valence-corrected chi connectivity index (χ4v) is 8.26. The number of aliphatic hydroxyl groups excluding tert-OH is 2. The molecule has 0 bridgehead atoms. The number of hydrogen-bond acceptors (Lipinski definition) is 13. The van der Waals surface area contributed by atoms with Gasteiger partial charge in [-0.2, -0.15) is 10.4 Å². The summed E-state index contributed by atoms with van der Waals surface area (Å²) < 4.78 is 43.2. The molecular weight excluding hydrogens is 799 g/mol. The van der Waals surface area contributed by atoms with Crippen LogP contribution in [0, 0.1) is 11.3 Å². The molecule has 1 aliphatic rings. The van der Waals surface area contributed by atoms with Gasteiger partial charge < -0.3 is 35.1 Å². The van der Waals surface area contributed by atoms with Crippen molar-refractivity contribution >= 4 is 37.0 Å². The summed E-state index contributed by atoms with van der Waals surface area (Å²) in [7, 11) is -3.27. The summed E-state index contributed by atoms with van der Waals surface area (Å²) in [5.74, 6) is 0.190. The van der Waals surface area contributed by atoms with Gasteiger partial charge in [-0.1, -0.05) is 121 Å². The zero-order valence-electron chi connectivity index (χ0n) is 34.6. The van der Waals surface area contributed by atoms with Crippen molar-refractivity contribution in [2.75, 3.05) is 39.2 Å². The van der Waals surface area contributed by atoms with Crippen molar-refractivity contribution in [3.05, 3.63) is 58.5 Å². The lowest BCUT2D eigenvalue weighted by Gasteiger charge is -2.27. The SMILES string of the molecule is CCCCCCCCCCCCCCCCCCOC[C@H](COP(=O)(O)OC[C@H]1O[C@@](/C=N\C)(c2ccc3c(N)ncnn23)[C@H](O)[C@@H]1O)OCc1ccc(C#N)c(Cl)c1. The molecule has 59 heavy (non-hydrogen) atoms. The van der Waals surface area contributed by atoms with Crippen molar-refractivity contribution in [2.24, 2.45) is 4.99 Å². The van der Waals surface area contributed by atoms with Crippen molar-refractivity contribution in [3.8, 4) is 6.07 Å². The van der Waals surface area contributed by atoms with Crippen LogP contribution in [0.25, 0.3) is 5.52 Å². The fourth-order valence-electron chi connectivity index (χ4n) is 7.25. The minimum absolute atomic E-state index is 0.0739. The number of phosphoric acid groups is 1. The molecule has 6 atom stereocenters. The number of benzene rings is 1. The third-order valence-electron chi connectivity index (χ3n) is 10.6. The molecule has 328 valence electrons. The maximum atomic E-state index is 13.1. The zero-order valence-corrected chi connectivity index (χ0v) is 36.3. The van der Waals surface area contributed by atoms with E-state index in [1.165, 1.54) is 108 Å². The Balaban J connectivity index is 1.21. The topological polar surface area (TPSA) is 216 Å². The Morgan fingerprint density at radius 1 is 1.00 bits per heavy atom. The van der Waals surface area contributed by atoms with E-state index in [4.69, 9.17) is 40.6 Å². The lowest BCUT2D eigenvalue weighted by molar-refractivity contribution is -0.0626. The third kappa shape index (κ3) is 15.1. The number of aliphatic hydroxyl groups is 2. The van der Waals surface area contributed by atoms with Gasteiger partial charge in [0.05, 0.1) is 42.7 Å². The molecule has 2 aromatic heterocycles. The van der Waals surface area contributed by atoms with Crippen LogP contribution in [0.5, 0.6) is 0 Å². The monoisotopic (exact) mass is 862 g/mol. The first kappa shape index (κ1) is 48.7. The first-order valence-electron chi connectivity index (χ1n) is 21.1. The molecule has 0 saturated carbocycles. The van der Waals surface area contributed by atoms with Crippen LogP contribution in [0.4, 0.5) is 5.82 Å². The van der Waals surface area contributed by atoms with Crippen LogP contribution in [0.3, 0.4) is 0 Å². The van der Waals surface area contributed by atoms with Gasteiger partial charge in [-0.15, -0.1) is 0 Å². The highest BCUT2D eigenvalue weighted by atomic mass is 35.5. The largest absolute Gasteiger partial charge is 0.472 e. The van der Waals surface area contributed by atoms with Crippen LogP contribution < -0.4 is 5.73 Å². The Kier molecular flexibility index (Phi) is 21.2. The molecule has 1 saturated heterocycles. The van der Waals surface area contributed by atoms with Gasteiger partial charge in [0.15, 0.2) is 11.4 Å². The van der Waals surface area contributed by atoms with E-state index in [1.807, 2.05) is 6.07 Å². The van der Waals surface area contributed by atoms with Crippen molar-refractivity contribution in [1.29, 1.82) is 5.26 Å². The summed E-state index contributed by atoms with van der Waals surface area (Å²) in [5.41, 5.74) is 6.05. The summed E-state index contributed by atoms with van der Waals surface area (Å²) in [4.78, 5) is 18.7. The average molecular weight is 863 g/mol. The second kappa shape index (κ2) is 25.7. The van der Waals surface area contributed by atoms with Crippen molar-refractivity contribution < 1.29 is 42.9 Å². The molecule has 1 unspecified atom stereocenters. The number of unbranched alkanes of at least 4 members (excludes halogenated alkanes) is 15. The molecular formula is C42H64ClN6O9P. The van der Waals surface area contributed by atoms with Crippen LogP contribution in [0.2, 0.25) is 5.02 Å². The number of aromatic nitrogens is 3. The maximum absolute atomic E-state index is 13.1. The number of hydrogen-bond donors (Lipinski definition) is 4. The van der Waals surface area contributed by atoms with Gasteiger partial charge in [0.1, 0.15) is 42.3 Å². The highest BCUT2D eigenvalue weighted by Gasteiger charge is 2.56. The average Bonchev–Trinajstić information content (AvgIpc) is 3.77. The number of anilines is 1. The molecule has 15 nitrogen and oxygen atoms in total. The number of phosphoric ester groups is 1. The predicted octanol–water partition coefficient (Wildman–Crippen LogP) is 7.85. The zero-order chi connectivity index (χ0) is 42.5. The molecule has 1 fully saturated rings. The molecule has 5 N–H and O–H groups in total. The van der Waals surface area contributed by atoms with E-state index in [-0.39, 0.29) is 30.7 Å². The van der Waals surface area contributed by atoms with Crippen LogP contribution >= 0.6 is 19.4 Å². The Bertz CT molecular complexity index is 1810. The number of nitrogen functional groups attached to an aromatic ring is 1. The van der Waals surface area contributed by atoms with E-state index >= 15 is 0 Å². The van der Waals surface area contributed by atoms with Gasteiger partial charge in [0.2, 0.25) is 0 Å². The summed E-state index contributed by atoms with van der Waals surface area (Å²) >= 11 is 6.21. The first-order valence-corrected chi connectivity index (χ1v) is 23.0. The van der Waals surface area contributed by atoms with E-state index in [1.54, 1.807) is 30.3 Å². The molecule has 0 aliphatic carbocycles. The van der Waals surface area contributed by atoms with Gasteiger partial charge in [-0.05, 0) is 36.2 Å². The van der Waals surface area contributed by atoms with Crippen LogP contribution in [0.1, 0.15) is 126 Å². The number of ether oxygens (including phenoxy) is 3. The Labute approximate surface area is 353 Å².